The van der Waals surface area contributed by atoms with E-state index in [4.69, 9.17) is 5.26 Å². The molecule has 1 aromatic carbocycles. The third-order valence-corrected chi connectivity index (χ3v) is 2.24. The average molecular weight is 230 g/mol. The highest BCUT2D eigenvalue weighted by Crippen LogP contribution is 2.17. The highest BCUT2D eigenvalue weighted by molar-refractivity contribution is 5.76. The maximum atomic E-state index is 11.6. The Labute approximate surface area is 102 Å². The zero-order valence-electron chi connectivity index (χ0n) is 10.6. The van der Waals surface area contributed by atoms with Crippen molar-refractivity contribution in [2.24, 2.45) is 5.41 Å². The SMILES string of the molecule is CC(C)(C)CC(=O)NCc1cccc(C#N)c1. The number of benzene rings is 1. The number of nitriles is 1. The fourth-order valence-electron chi connectivity index (χ4n) is 1.50. The van der Waals surface area contributed by atoms with Crippen LogP contribution in [0.25, 0.3) is 0 Å². The number of hydrogen-bond donors (Lipinski definition) is 1. The molecule has 0 aromatic heterocycles. The number of amides is 1. The van der Waals surface area contributed by atoms with E-state index in [1.165, 1.54) is 0 Å². The van der Waals surface area contributed by atoms with Crippen LogP contribution in [0.5, 0.6) is 0 Å². The summed E-state index contributed by atoms with van der Waals surface area (Å²) in [5, 5.41) is 11.6. The fraction of sp³-hybridized carbons (Fsp3) is 0.429. The second-order valence-corrected chi connectivity index (χ2v) is 5.33. The lowest BCUT2D eigenvalue weighted by molar-refractivity contribution is -0.122. The predicted octanol–water partition coefficient (Wildman–Crippen LogP) is 2.61. The van der Waals surface area contributed by atoms with E-state index in [9.17, 15) is 4.79 Å². The summed E-state index contributed by atoms with van der Waals surface area (Å²) >= 11 is 0. The van der Waals surface area contributed by atoms with Crippen LogP contribution in [0, 0.1) is 16.7 Å². The molecule has 0 aliphatic rings. The van der Waals surface area contributed by atoms with Gasteiger partial charge in [0.2, 0.25) is 5.91 Å². The minimum atomic E-state index is -0.00140. The Morgan fingerprint density at radius 3 is 2.71 bits per heavy atom. The quantitative estimate of drug-likeness (QED) is 0.867. The van der Waals surface area contributed by atoms with Crippen LogP contribution in [0.4, 0.5) is 0 Å². The molecule has 0 unspecified atom stereocenters. The zero-order chi connectivity index (χ0) is 12.9. The Morgan fingerprint density at radius 2 is 2.12 bits per heavy atom. The Bertz CT molecular complexity index is 438. The van der Waals surface area contributed by atoms with Crippen LogP contribution in [0.15, 0.2) is 24.3 Å². The Kier molecular flexibility index (Phi) is 4.28. The van der Waals surface area contributed by atoms with Crippen LogP contribution >= 0.6 is 0 Å². The molecule has 0 fully saturated rings. The predicted molar refractivity (Wildman–Crippen MR) is 67.1 cm³/mol. The van der Waals surface area contributed by atoms with Crippen molar-refractivity contribution in [3.8, 4) is 6.07 Å². The molecule has 0 aliphatic heterocycles. The van der Waals surface area contributed by atoms with Gasteiger partial charge in [0.1, 0.15) is 0 Å². The summed E-state index contributed by atoms with van der Waals surface area (Å²) < 4.78 is 0. The van der Waals surface area contributed by atoms with Crippen molar-refractivity contribution in [3.63, 3.8) is 0 Å². The smallest absolute Gasteiger partial charge is 0.220 e. The highest BCUT2D eigenvalue weighted by atomic mass is 16.1. The van der Waals surface area contributed by atoms with Crippen molar-refractivity contribution in [1.82, 2.24) is 5.32 Å². The van der Waals surface area contributed by atoms with Crippen molar-refractivity contribution in [1.29, 1.82) is 5.26 Å². The monoisotopic (exact) mass is 230 g/mol. The molecule has 0 atom stereocenters. The van der Waals surface area contributed by atoms with E-state index in [2.05, 4.69) is 11.4 Å². The van der Waals surface area contributed by atoms with Gasteiger partial charge in [0.15, 0.2) is 0 Å². The number of nitrogens with zero attached hydrogens (tertiary/aromatic N) is 1. The molecule has 0 bridgehead atoms. The van der Waals surface area contributed by atoms with Crippen LogP contribution in [0.1, 0.15) is 38.3 Å². The molecule has 1 aromatic rings. The lowest BCUT2D eigenvalue weighted by Gasteiger charge is -2.17. The summed E-state index contributed by atoms with van der Waals surface area (Å²) in [6.45, 7) is 6.57. The maximum Gasteiger partial charge on any atom is 0.220 e. The van der Waals surface area contributed by atoms with Crippen molar-refractivity contribution >= 4 is 5.91 Å². The maximum absolute atomic E-state index is 11.6. The van der Waals surface area contributed by atoms with Gasteiger partial charge in [0.05, 0.1) is 11.6 Å². The normalized spacial score (nSPS) is 10.7. The van der Waals surface area contributed by atoms with Gasteiger partial charge in [-0.25, -0.2) is 0 Å². The molecule has 1 rings (SSSR count). The van der Waals surface area contributed by atoms with Crippen molar-refractivity contribution < 1.29 is 4.79 Å². The van der Waals surface area contributed by atoms with Gasteiger partial charge in [-0.15, -0.1) is 0 Å². The summed E-state index contributed by atoms with van der Waals surface area (Å²) in [5.41, 5.74) is 1.57. The van der Waals surface area contributed by atoms with Gasteiger partial charge in [0, 0.05) is 13.0 Å². The third kappa shape index (κ3) is 5.17. The summed E-state index contributed by atoms with van der Waals surface area (Å²) in [6.07, 6.45) is 0.505. The van der Waals surface area contributed by atoms with E-state index >= 15 is 0 Å². The number of nitrogens with one attached hydrogen (secondary N) is 1. The van der Waals surface area contributed by atoms with Crippen LogP contribution < -0.4 is 5.32 Å². The molecule has 3 nitrogen and oxygen atoms in total. The number of rotatable bonds is 3. The third-order valence-electron chi connectivity index (χ3n) is 2.24. The summed E-state index contributed by atoms with van der Waals surface area (Å²) in [5.74, 6) is 0.0415. The first kappa shape index (κ1) is 13.2. The Morgan fingerprint density at radius 1 is 1.41 bits per heavy atom. The molecule has 3 heteroatoms. The van der Waals surface area contributed by atoms with Crippen molar-refractivity contribution in [2.75, 3.05) is 0 Å². The first-order valence-electron chi connectivity index (χ1n) is 5.66. The molecule has 1 amide bonds. The van der Waals surface area contributed by atoms with Crippen molar-refractivity contribution in [2.45, 2.75) is 33.7 Å². The second kappa shape index (κ2) is 5.49. The topological polar surface area (TPSA) is 52.9 Å². The second-order valence-electron chi connectivity index (χ2n) is 5.33. The van der Waals surface area contributed by atoms with Crippen LogP contribution in [-0.2, 0) is 11.3 Å². The summed E-state index contributed by atoms with van der Waals surface area (Å²) in [4.78, 5) is 11.6. The minimum absolute atomic E-state index is 0.00140. The highest BCUT2D eigenvalue weighted by Gasteiger charge is 2.15. The van der Waals surface area contributed by atoms with Crippen LogP contribution in [0.3, 0.4) is 0 Å². The molecular formula is C14H18N2O. The Hall–Kier alpha value is -1.82. The van der Waals surface area contributed by atoms with Gasteiger partial charge in [0.25, 0.3) is 0 Å². The van der Waals surface area contributed by atoms with Crippen molar-refractivity contribution in [3.05, 3.63) is 35.4 Å². The lowest BCUT2D eigenvalue weighted by atomic mass is 9.92. The van der Waals surface area contributed by atoms with Gasteiger partial charge >= 0.3 is 0 Å². The van der Waals surface area contributed by atoms with Gasteiger partial charge in [-0.3, -0.25) is 4.79 Å². The molecule has 0 heterocycles. The molecule has 0 saturated heterocycles. The van der Waals surface area contributed by atoms with Gasteiger partial charge < -0.3 is 5.32 Å². The van der Waals surface area contributed by atoms with E-state index in [1.807, 2.05) is 32.9 Å². The van der Waals surface area contributed by atoms with Gasteiger partial charge in [-0.2, -0.15) is 5.26 Å². The molecule has 0 radical (unpaired) electrons. The Balaban J connectivity index is 2.51. The molecule has 0 aliphatic carbocycles. The number of carbonyl (C=O) groups excluding carboxylic acids is 1. The minimum Gasteiger partial charge on any atom is -0.352 e. The standard InChI is InChI=1S/C14H18N2O/c1-14(2,3)8-13(17)16-10-12-6-4-5-11(7-12)9-15/h4-7H,8,10H2,1-3H3,(H,16,17). The largest absolute Gasteiger partial charge is 0.352 e. The number of carbonyl (C=O) groups is 1. The summed E-state index contributed by atoms with van der Waals surface area (Å²) in [7, 11) is 0. The van der Waals surface area contributed by atoms with Gasteiger partial charge in [-0.1, -0.05) is 32.9 Å². The van der Waals surface area contributed by atoms with Crippen LogP contribution in [-0.4, -0.2) is 5.91 Å². The molecule has 90 valence electrons. The van der Waals surface area contributed by atoms with E-state index in [-0.39, 0.29) is 11.3 Å². The average Bonchev–Trinajstić information content (AvgIpc) is 2.24. The molecule has 0 spiro atoms. The zero-order valence-corrected chi connectivity index (χ0v) is 10.6. The fourth-order valence-corrected chi connectivity index (χ4v) is 1.50. The summed E-state index contributed by atoms with van der Waals surface area (Å²) in [6, 6.07) is 9.34. The molecule has 17 heavy (non-hydrogen) atoms. The molecule has 1 N–H and O–H groups in total. The lowest BCUT2D eigenvalue weighted by Crippen LogP contribution is -2.27. The van der Waals surface area contributed by atoms with Gasteiger partial charge in [-0.05, 0) is 23.1 Å². The first-order chi connectivity index (χ1) is 7.90. The first-order valence-corrected chi connectivity index (χ1v) is 5.66. The van der Waals surface area contributed by atoms with E-state index < -0.39 is 0 Å². The molecule has 0 saturated carbocycles. The van der Waals surface area contributed by atoms with E-state index in [1.54, 1.807) is 12.1 Å². The van der Waals surface area contributed by atoms with E-state index in [0.717, 1.165) is 5.56 Å². The van der Waals surface area contributed by atoms with Crippen LogP contribution in [0.2, 0.25) is 0 Å². The van der Waals surface area contributed by atoms with E-state index in [0.29, 0.717) is 18.5 Å². The molecular weight excluding hydrogens is 212 g/mol. The number of hydrogen-bond acceptors (Lipinski definition) is 2.